The smallest absolute Gasteiger partial charge is 0.303 e. The standard InChI is InChI=1S/C18H32O4/c1-2-3-4-5-7-10-13-16(19)17(20)14-11-8-6-9-12-15-18(21)22/h7,10,13,17,19-20H,2-6,8-9,11-12,14-15H2,1H3,(H,21,22). The highest BCUT2D eigenvalue weighted by Crippen LogP contribution is 2.12. The second kappa shape index (κ2) is 14.6. The molecule has 0 saturated heterocycles. The lowest BCUT2D eigenvalue weighted by Gasteiger charge is -2.09. The number of carboxylic acid groups (broad SMARTS) is 1. The molecule has 0 aliphatic heterocycles. The monoisotopic (exact) mass is 312 g/mol. The lowest BCUT2D eigenvalue weighted by molar-refractivity contribution is -0.137. The molecule has 0 aromatic carbocycles. The summed E-state index contributed by atoms with van der Waals surface area (Å²) in [6.45, 7) is 2.16. The summed E-state index contributed by atoms with van der Waals surface area (Å²) in [6, 6.07) is 0. The van der Waals surface area contributed by atoms with Crippen molar-refractivity contribution in [1.29, 1.82) is 0 Å². The van der Waals surface area contributed by atoms with E-state index in [1.54, 1.807) is 12.2 Å². The van der Waals surface area contributed by atoms with Crippen LogP contribution >= 0.6 is 0 Å². The van der Waals surface area contributed by atoms with Crippen molar-refractivity contribution in [3.63, 3.8) is 0 Å². The van der Waals surface area contributed by atoms with E-state index in [9.17, 15) is 15.0 Å². The lowest BCUT2D eigenvalue weighted by Crippen LogP contribution is -2.09. The predicted octanol–water partition coefficient (Wildman–Crippen LogP) is 4.74. The van der Waals surface area contributed by atoms with E-state index in [0.717, 1.165) is 38.5 Å². The number of aliphatic hydroxyl groups is 2. The first-order valence-corrected chi connectivity index (χ1v) is 8.53. The Labute approximate surface area is 134 Å². The molecular weight excluding hydrogens is 280 g/mol. The fraction of sp³-hybridized carbons (Fsp3) is 0.722. The average molecular weight is 312 g/mol. The number of aliphatic hydroxyl groups excluding tert-OH is 2. The molecule has 22 heavy (non-hydrogen) atoms. The van der Waals surface area contributed by atoms with Gasteiger partial charge in [0.2, 0.25) is 0 Å². The summed E-state index contributed by atoms with van der Waals surface area (Å²) in [7, 11) is 0. The molecule has 4 nitrogen and oxygen atoms in total. The Morgan fingerprint density at radius 2 is 1.68 bits per heavy atom. The highest BCUT2D eigenvalue weighted by atomic mass is 16.4. The molecular formula is C18H32O4. The van der Waals surface area contributed by atoms with Crippen LogP contribution in [0.5, 0.6) is 0 Å². The van der Waals surface area contributed by atoms with Crippen molar-refractivity contribution < 1.29 is 20.1 Å². The summed E-state index contributed by atoms with van der Waals surface area (Å²) in [5.41, 5.74) is 0. The molecule has 0 radical (unpaired) electrons. The number of rotatable bonds is 14. The van der Waals surface area contributed by atoms with E-state index < -0.39 is 12.1 Å². The number of unbranched alkanes of at least 4 members (excludes halogenated alkanes) is 7. The van der Waals surface area contributed by atoms with Crippen LogP contribution in [-0.2, 0) is 4.79 Å². The molecule has 0 spiro atoms. The molecule has 0 fully saturated rings. The van der Waals surface area contributed by atoms with Crippen LogP contribution < -0.4 is 0 Å². The molecule has 0 heterocycles. The molecule has 1 unspecified atom stereocenters. The second-order valence-electron chi connectivity index (χ2n) is 5.73. The Kier molecular flexibility index (Phi) is 13.8. The topological polar surface area (TPSA) is 77.8 Å². The quantitative estimate of drug-likeness (QED) is 0.246. The number of hydrogen-bond acceptors (Lipinski definition) is 3. The Bertz CT molecular complexity index is 334. The first-order chi connectivity index (χ1) is 10.6. The first kappa shape index (κ1) is 20.7. The molecule has 0 aromatic heterocycles. The minimum absolute atomic E-state index is 0.0256. The number of carboxylic acids is 1. The minimum Gasteiger partial charge on any atom is -0.510 e. The van der Waals surface area contributed by atoms with Gasteiger partial charge in [0, 0.05) is 6.42 Å². The molecule has 0 aromatic rings. The maximum Gasteiger partial charge on any atom is 0.303 e. The van der Waals surface area contributed by atoms with E-state index in [0.29, 0.717) is 12.8 Å². The molecule has 1 atom stereocenters. The van der Waals surface area contributed by atoms with E-state index in [4.69, 9.17) is 5.11 Å². The van der Waals surface area contributed by atoms with Gasteiger partial charge in [-0.1, -0.05) is 57.6 Å². The fourth-order valence-corrected chi connectivity index (χ4v) is 2.18. The maximum atomic E-state index is 10.3. The van der Waals surface area contributed by atoms with Crippen molar-refractivity contribution in [3.05, 3.63) is 24.0 Å². The average Bonchev–Trinajstić information content (AvgIpc) is 2.49. The van der Waals surface area contributed by atoms with Crippen molar-refractivity contribution in [3.8, 4) is 0 Å². The number of aliphatic carboxylic acids is 1. The van der Waals surface area contributed by atoms with Gasteiger partial charge in [-0.2, -0.15) is 0 Å². The van der Waals surface area contributed by atoms with Crippen molar-refractivity contribution in [2.75, 3.05) is 0 Å². The Hall–Kier alpha value is -1.29. The molecule has 3 N–H and O–H groups in total. The third-order valence-corrected chi connectivity index (χ3v) is 3.59. The zero-order chi connectivity index (χ0) is 16.6. The van der Waals surface area contributed by atoms with E-state index in [2.05, 4.69) is 6.92 Å². The van der Waals surface area contributed by atoms with Gasteiger partial charge in [0.25, 0.3) is 0 Å². The van der Waals surface area contributed by atoms with Crippen molar-refractivity contribution >= 4 is 5.97 Å². The van der Waals surface area contributed by atoms with Crippen molar-refractivity contribution in [2.24, 2.45) is 0 Å². The first-order valence-electron chi connectivity index (χ1n) is 8.53. The third kappa shape index (κ3) is 13.7. The van der Waals surface area contributed by atoms with Crippen LogP contribution in [0.25, 0.3) is 0 Å². The summed E-state index contributed by atoms with van der Waals surface area (Å²) < 4.78 is 0. The van der Waals surface area contributed by atoms with Gasteiger partial charge in [0.05, 0.1) is 0 Å². The Morgan fingerprint density at radius 1 is 1.00 bits per heavy atom. The lowest BCUT2D eigenvalue weighted by atomic mass is 10.1. The molecule has 4 heteroatoms. The van der Waals surface area contributed by atoms with Crippen LogP contribution in [0, 0.1) is 0 Å². The van der Waals surface area contributed by atoms with E-state index >= 15 is 0 Å². The summed E-state index contributed by atoms with van der Waals surface area (Å²) in [6.07, 6.45) is 14.3. The number of allylic oxidation sites excluding steroid dienone is 3. The maximum absolute atomic E-state index is 10.3. The van der Waals surface area contributed by atoms with Gasteiger partial charge in [-0.05, 0) is 31.8 Å². The van der Waals surface area contributed by atoms with Gasteiger partial charge >= 0.3 is 5.97 Å². The second-order valence-corrected chi connectivity index (χ2v) is 5.73. The summed E-state index contributed by atoms with van der Waals surface area (Å²) in [5, 5.41) is 28.0. The van der Waals surface area contributed by atoms with E-state index in [1.165, 1.54) is 12.8 Å². The fourth-order valence-electron chi connectivity index (χ4n) is 2.18. The van der Waals surface area contributed by atoms with Crippen LogP contribution in [0.3, 0.4) is 0 Å². The Morgan fingerprint density at radius 3 is 2.36 bits per heavy atom. The minimum atomic E-state index is -0.792. The molecule has 0 aliphatic rings. The highest BCUT2D eigenvalue weighted by Gasteiger charge is 2.07. The van der Waals surface area contributed by atoms with Gasteiger partial charge in [0.1, 0.15) is 11.9 Å². The number of carbonyl (C=O) groups is 1. The summed E-state index contributed by atoms with van der Waals surface area (Å²) in [5.74, 6) is -0.717. The van der Waals surface area contributed by atoms with Crippen molar-refractivity contribution in [2.45, 2.75) is 83.7 Å². The van der Waals surface area contributed by atoms with E-state index in [1.807, 2.05) is 6.08 Å². The van der Waals surface area contributed by atoms with Crippen LogP contribution in [0.1, 0.15) is 77.6 Å². The van der Waals surface area contributed by atoms with Gasteiger partial charge in [-0.15, -0.1) is 0 Å². The Balaban J connectivity index is 3.64. The van der Waals surface area contributed by atoms with Gasteiger partial charge in [-0.25, -0.2) is 0 Å². The molecule has 0 rings (SSSR count). The predicted molar refractivity (Wildman–Crippen MR) is 90.0 cm³/mol. The largest absolute Gasteiger partial charge is 0.510 e. The SMILES string of the molecule is CCCCCC=CC=C(O)C(O)CCCCCCCC(=O)O. The van der Waals surface area contributed by atoms with Crippen LogP contribution in [0.15, 0.2) is 24.0 Å². The molecule has 0 amide bonds. The third-order valence-electron chi connectivity index (χ3n) is 3.59. The van der Waals surface area contributed by atoms with E-state index in [-0.39, 0.29) is 12.2 Å². The zero-order valence-electron chi connectivity index (χ0n) is 13.8. The van der Waals surface area contributed by atoms with Crippen LogP contribution in [0.4, 0.5) is 0 Å². The molecule has 0 aliphatic carbocycles. The van der Waals surface area contributed by atoms with Crippen molar-refractivity contribution in [1.82, 2.24) is 0 Å². The highest BCUT2D eigenvalue weighted by molar-refractivity contribution is 5.66. The summed E-state index contributed by atoms with van der Waals surface area (Å²) >= 11 is 0. The molecule has 128 valence electrons. The number of hydrogen-bond donors (Lipinski definition) is 3. The summed E-state index contributed by atoms with van der Waals surface area (Å²) in [4.78, 5) is 10.3. The van der Waals surface area contributed by atoms with Gasteiger partial charge in [-0.3, -0.25) is 4.79 Å². The molecule has 0 saturated carbocycles. The van der Waals surface area contributed by atoms with Gasteiger partial charge < -0.3 is 15.3 Å². The molecule has 0 bridgehead atoms. The van der Waals surface area contributed by atoms with Gasteiger partial charge in [0.15, 0.2) is 0 Å². The zero-order valence-corrected chi connectivity index (χ0v) is 13.8. The van der Waals surface area contributed by atoms with Crippen LogP contribution in [0.2, 0.25) is 0 Å². The normalized spacial score (nSPS) is 13.6. The van der Waals surface area contributed by atoms with Crippen LogP contribution in [-0.4, -0.2) is 27.4 Å².